The van der Waals surface area contributed by atoms with E-state index < -0.39 is 5.91 Å². The van der Waals surface area contributed by atoms with E-state index in [1.807, 2.05) is 42.5 Å². The van der Waals surface area contributed by atoms with Crippen molar-refractivity contribution < 1.29 is 9.53 Å². The lowest BCUT2D eigenvalue weighted by molar-refractivity contribution is 0.0996. The van der Waals surface area contributed by atoms with Crippen LogP contribution in [0.3, 0.4) is 0 Å². The van der Waals surface area contributed by atoms with Crippen LogP contribution in [0, 0.1) is 0 Å². The Morgan fingerprint density at radius 1 is 1.14 bits per heavy atom. The first kappa shape index (κ1) is 13.8. The number of aromatic amines is 1. The van der Waals surface area contributed by atoms with Crippen LogP contribution in [-0.2, 0) is 6.61 Å². The number of carbonyl (C=O) groups excluding carboxylic acids is 1. The zero-order chi connectivity index (χ0) is 15.4. The minimum absolute atomic E-state index is 0.250. The number of H-pyrrole nitrogens is 1. The highest BCUT2D eigenvalue weighted by molar-refractivity contribution is 6.01. The van der Waals surface area contributed by atoms with E-state index in [2.05, 4.69) is 15.2 Å². The molecule has 0 spiro atoms. The summed E-state index contributed by atoms with van der Waals surface area (Å²) < 4.78 is 5.64. The van der Waals surface area contributed by atoms with E-state index >= 15 is 0 Å². The molecule has 1 amide bonds. The minimum Gasteiger partial charge on any atom is -0.473 e. The molecule has 110 valence electrons. The van der Waals surface area contributed by atoms with Crippen molar-refractivity contribution in [3.05, 3.63) is 66.0 Å². The fourth-order valence-corrected chi connectivity index (χ4v) is 2.10. The molecule has 0 fully saturated rings. The number of carbonyl (C=O) groups is 1. The van der Waals surface area contributed by atoms with Gasteiger partial charge in [0.1, 0.15) is 17.9 Å². The van der Waals surface area contributed by atoms with Gasteiger partial charge < -0.3 is 10.5 Å². The van der Waals surface area contributed by atoms with Gasteiger partial charge in [-0.25, -0.2) is 5.10 Å². The summed E-state index contributed by atoms with van der Waals surface area (Å²) in [6.07, 6.45) is 3.35. The van der Waals surface area contributed by atoms with E-state index in [0.29, 0.717) is 12.3 Å². The first-order chi connectivity index (χ1) is 10.8. The van der Waals surface area contributed by atoms with Crippen LogP contribution in [-0.4, -0.2) is 21.1 Å². The molecule has 1 aromatic carbocycles. The van der Waals surface area contributed by atoms with Crippen molar-refractivity contribution in [3.8, 4) is 17.1 Å². The Morgan fingerprint density at radius 2 is 1.86 bits per heavy atom. The van der Waals surface area contributed by atoms with Crippen LogP contribution in [0.4, 0.5) is 0 Å². The highest BCUT2D eigenvalue weighted by atomic mass is 16.5. The third-order valence-electron chi connectivity index (χ3n) is 3.16. The SMILES string of the molecule is NC(=O)c1c(-c2ccccc2)n[nH]c1OCc1ccncc1. The topological polar surface area (TPSA) is 93.9 Å². The van der Waals surface area contributed by atoms with Gasteiger partial charge in [0.2, 0.25) is 5.88 Å². The maximum Gasteiger partial charge on any atom is 0.256 e. The molecular weight excluding hydrogens is 280 g/mol. The number of ether oxygens (including phenoxy) is 1. The quantitative estimate of drug-likeness (QED) is 0.754. The number of pyridine rings is 1. The van der Waals surface area contributed by atoms with Gasteiger partial charge in [-0.3, -0.25) is 9.78 Å². The number of benzene rings is 1. The Kier molecular flexibility index (Phi) is 3.82. The summed E-state index contributed by atoms with van der Waals surface area (Å²) in [6, 6.07) is 13.0. The van der Waals surface area contributed by atoms with Crippen molar-refractivity contribution in [3.63, 3.8) is 0 Å². The van der Waals surface area contributed by atoms with E-state index in [9.17, 15) is 4.79 Å². The molecule has 2 aromatic heterocycles. The monoisotopic (exact) mass is 294 g/mol. The van der Waals surface area contributed by atoms with Crippen LogP contribution in [0.15, 0.2) is 54.9 Å². The molecule has 0 radical (unpaired) electrons. The van der Waals surface area contributed by atoms with Crippen LogP contribution in [0.1, 0.15) is 15.9 Å². The van der Waals surface area contributed by atoms with Crippen molar-refractivity contribution in [1.29, 1.82) is 0 Å². The Bertz CT molecular complexity index is 769. The van der Waals surface area contributed by atoms with Gasteiger partial charge >= 0.3 is 0 Å². The molecule has 6 nitrogen and oxygen atoms in total. The number of nitrogens with one attached hydrogen (secondary N) is 1. The Morgan fingerprint density at radius 3 is 2.55 bits per heavy atom. The number of hydrogen-bond donors (Lipinski definition) is 2. The predicted molar refractivity (Wildman–Crippen MR) is 81.1 cm³/mol. The average molecular weight is 294 g/mol. The molecule has 3 aromatic rings. The van der Waals surface area contributed by atoms with Crippen molar-refractivity contribution in [2.45, 2.75) is 6.61 Å². The van der Waals surface area contributed by atoms with E-state index in [0.717, 1.165) is 11.1 Å². The van der Waals surface area contributed by atoms with E-state index in [4.69, 9.17) is 10.5 Å². The smallest absolute Gasteiger partial charge is 0.256 e. The standard InChI is InChI=1S/C16H14N4O2/c17-15(21)13-14(12-4-2-1-3-5-12)19-20-16(13)22-10-11-6-8-18-9-7-11/h1-9H,10H2,(H2,17,21)(H,19,20). The molecule has 0 saturated heterocycles. The summed E-state index contributed by atoms with van der Waals surface area (Å²) >= 11 is 0. The first-order valence-corrected chi connectivity index (χ1v) is 6.71. The van der Waals surface area contributed by atoms with E-state index in [-0.39, 0.29) is 11.4 Å². The lowest BCUT2D eigenvalue weighted by atomic mass is 10.1. The van der Waals surface area contributed by atoms with Crippen LogP contribution in [0.2, 0.25) is 0 Å². The molecule has 0 aliphatic carbocycles. The lowest BCUT2D eigenvalue weighted by Gasteiger charge is -2.05. The summed E-state index contributed by atoms with van der Waals surface area (Å²) in [5, 5.41) is 6.89. The van der Waals surface area contributed by atoms with Gasteiger partial charge in [-0.2, -0.15) is 5.10 Å². The number of rotatable bonds is 5. The number of primary amides is 1. The molecule has 0 unspecified atom stereocenters. The molecule has 3 rings (SSSR count). The second kappa shape index (κ2) is 6.09. The zero-order valence-electron chi connectivity index (χ0n) is 11.7. The van der Waals surface area contributed by atoms with Gasteiger partial charge in [-0.05, 0) is 17.7 Å². The van der Waals surface area contributed by atoms with Crippen molar-refractivity contribution in [1.82, 2.24) is 15.2 Å². The summed E-state index contributed by atoms with van der Waals surface area (Å²) in [7, 11) is 0. The molecule has 0 saturated carbocycles. The second-order valence-corrected chi connectivity index (χ2v) is 4.65. The van der Waals surface area contributed by atoms with Crippen molar-refractivity contribution in [2.75, 3.05) is 0 Å². The highest BCUT2D eigenvalue weighted by Crippen LogP contribution is 2.28. The summed E-state index contributed by atoms with van der Waals surface area (Å²) in [5.41, 5.74) is 7.94. The molecule has 2 heterocycles. The maximum atomic E-state index is 11.8. The zero-order valence-corrected chi connectivity index (χ0v) is 11.7. The Balaban J connectivity index is 1.89. The van der Waals surface area contributed by atoms with Gasteiger partial charge in [-0.15, -0.1) is 0 Å². The number of aromatic nitrogens is 3. The molecule has 3 N–H and O–H groups in total. The van der Waals surface area contributed by atoms with Crippen LogP contribution in [0.25, 0.3) is 11.3 Å². The number of nitrogens with zero attached hydrogens (tertiary/aromatic N) is 2. The fraction of sp³-hybridized carbons (Fsp3) is 0.0625. The van der Waals surface area contributed by atoms with Gasteiger partial charge in [0.05, 0.1) is 0 Å². The van der Waals surface area contributed by atoms with Crippen LogP contribution >= 0.6 is 0 Å². The normalized spacial score (nSPS) is 10.4. The fourth-order valence-electron chi connectivity index (χ4n) is 2.10. The molecule has 0 atom stereocenters. The van der Waals surface area contributed by atoms with E-state index in [1.54, 1.807) is 12.4 Å². The van der Waals surface area contributed by atoms with Gasteiger partial charge in [-0.1, -0.05) is 30.3 Å². The summed E-state index contributed by atoms with van der Waals surface area (Å²) in [5.74, 6) is -0.319. The number of nitrogens with two attached hydrogens (primary N) is 1. The van der Waals surface area contributed by atoms with Gasteiger partial charge in [0.25, 0.3) is 5.91 Å². The minimum atomic E-state index is -0.586. The third-order valence-corrected chi connectivity index (χ3v) is 3.16. The molecule has 0 aliphatic rings. The maximum absolute atomic E-state index is 11.8. The van der Waals surface area contributed by atoms with Gasteiger partial charge in [0.15, 0.2) is 0 Å². The number of amides is 1. The predicted octanol–water partition coefficient (Wildman–Crippen LogP) is 2.15. The lowest BCUT2D eigenvalue weighted by Crippen LogP contribution is -2.13. The third kappa shape index (κ3) is 2.80. The van der Waals surface area contributed by atoms with Crippen molar-refractivity contribution >= 4 is 5.91 Å². The first-order valence-electron chi connectivity index (χ1n) is 6.71. The summed E-state index contributed by atoms with van der Waals surface area (Å²) in [6.45, 7) is 0.291. The molecule has 0 bridgehead atoms. The molecule has 22 heavy (non-hydrogen) atoms. The molecule has 0 aliphatic heterocycles. The molecular formula is C16H14N4O2. The largest absolute Gasteiger partial charge is 0.473 e. The number of hydrogen-bond acceptors (Lipinski definition) is 4. The van der Waals surface area contributed by atoms with E-state index in [1.165, 1.54) is 0 Å². The van der Waals surface area contributed by atoms with Crippen LogP contribution in [0.5, 0.6) is 5.88 Å². The Labute approximate surface area is 127 Å². The van der Waals surface area contributed by atoms with Gasteiger partial charge in [0, 0.05) is 18.0 Å². The van der Waals surface area contributed by atoms with Crippen molar-refractivity contribution in [2.24, 2.45) is 5.73 Å². The molecule has 6 heteroatoms. The average Bonchev–Trinajstić information content (AvgIpc) is 2.99. The highest BCUT2D eigenvalue weighted by Gasteiger charge is 2.20. The van der Waals surface area contributed by atoms with Crippen LogP contribution < -0.4 is 10.5 Å². The summed E-state index contributed by atoms with van der Waals surface area (Å²) in [4.78, 5) is 15.7. The second-order valence-electron chi connectivity index (χ2n) is 4.65. The Hall–Kier alpha value is -3.15.